The highest BCUT2D eigenvalue weighted by Gasteiger charge is 2.26. The van der Waals surface area contributed by atoms with Crippen molar-refractivity contribution < 1.29 is 4.74 Å². The van der Waals surface area contributed by atoms with Crippen molar-refractivity contribution in [3.63, 3.8) is 0 Å². The molecule has 36 heavy (non-hydrogen) atoms. The van der Waals surface area contributed by atoms with E-state index < -0.39 is 0 Å². The number of benzene rings is 2. The fraction of sp³-hybridized carbons (Fsp3) is 0.429. The molecule has 190 valence electrons. The summed E-state index contributed by atoms with van der Waals surface area (Å²) in [6, 6.07) is 16.6. The number of aromatic amines is 1. The summed E-state index contributed by atoms with van der Waals surface area (Å²) in [4.78, 5) is 18.6. The van der Waals surface area contributed by atoms with Gasteiger partial charge in [0, 0.05) is 31.3 Å². The van der Waals surface area contributed by atoms with Gasteiger partial charge in [-0.15, -0.1) is 5.10 Å². The second kappa shape index (κ2) is 12.1. The predicted octanol–water partition coefficient (Wildman–Crippen LogP) is 4.36. The minimum absolute atomic E-state index is 0.0274. The highest BCUT2D eigenvalue weighted by Crippen LogP contribution is 2.27. The highest BCUT2D eigenvalue weighted by molar-refractivity contribution is 5.80. The summed E-state index contributed by atoms with van der Waals surface area (Å²) in [5, 5.41) is 13.7. The molecule has 0 aliphatic rings. The number of fused-ring (bicyclic) bond motifs is 1. The van der Waals surface area contributed by atoms with Crippen LogP contribution in [0.5, 0.6) is 0 Å². The minimum atomic E-state index is -0.0512. The average Bonchev–Trinajstić information content (AvgIpc) is 3.34. The number of pyridine rings is 1. The molecule has 0 saturated carbocycles. The minimum Gasteiger partial charge on any atom is -0.383 e. The van der Waals surface area contributed by atoms with Crippen LogP contribution >= 0.6 is 0 Å². The summed E-state index contributed by atoms with van der Waals surface area (Å²) < 4.78 is 7.10. The molecule has 2 heterocycles. The lowest BCUT2D eigenvalue weighted by Crippen LogP contribution is -2.34. The molecule has 8 nitrogen and oxygen atoms in total. The molecule has 0 radical (unpaired) electrons. The second-order valence-electron chi connectivity index (χ2n) is 9.41. The molecule has 1 atom stereocenters. The third kappa shape index (κ3) is 6.06. The molecule has 1 N–H and O–H groups in total. The third-order valence-electron chi connectivity index (χ3n) is 6.81. The van der Waals surface area contributed by atoms with Crippen molar-refractivity contribution in [1.29, 1.82) is 0 Å². The van der Waals surface area contributed by atoms with Crippen LogP contribution in [0.25, 0.3) is 10.9 Å². The summed E-state index contributed by atoms with van der Waals surface area (Å²) in [5.41, 5.74) is 5.20. The Morgan fingerprint density at radius 3 is 2.64 bits per heavy atom. The largest absolute Gasteiger partial charge is 0.383 e. The first-order valence-electron chi connectivity index (χ1n) is 12.7. The monoisotopic (exact) mass is 488 g/mol. The molecule has 0 spiro atoms. The van der Waals surface area contributed by atoms with Gasteiger partial charge in [0.25, 0.3) is 5.56 Å². The molecule has 0 bridgehead atoms. The van der Waals surface area contributed by atoms with Crippen molar-refractivity contribution >= 4 is 10.9 Å². The first-order chi connectivity index (χ1) is 17.5. The molecule has 8 heteroatoms. The number of nitrogens with zero attached hydrogens (tertiary/aromatic N) is 5. The van der Waals surface area contributed by atoms with E-state index in [4.69, 9.17) is 4.74 Å². The molecule has 2 aromatic carbocycles. The van der Waals surface area contributed by atoms with Crippen LogP contribution in [0.2, 0.25) is 0 Å². The van der Waals surface area contributed by atoms with Crippen LogP contribution in [0.15, 0.2) is 53.3 Å². The molecule has 0 fully saturated rings. The number of nitrogens with one attached hydrogen (secondary N) is 1. The lowest BCUT2D eigenvalue weighted by atomic mass is 10.0. The Morgan fingerprint density at radius 2 is 1.89 bits per heavy atom. The number of methoxy groups -OCH3 is 1. The van der Waals surface area contributed by atoms with Gasteiger partial charge < -0.3 is 9.72 Å². The molecular formula is C28H36N6O2. The molecule has 0 aliphatic heterocycles. The molecule has 4 rings (SSSR count). The number of tetrazole rings is 1. The molecular weight excluding hydrogens is 452 g/mol. The summed E-state index contributed by atoms with van der Waals surface area (Å²) in [5.74, 6) is 0.811. The number of hydrogen-bond donors (Lipinski definition) is 1. The van der Waals surface area contributed by atoms with E-state index in [-0.39, 0.29) is 11.6 Å². The normalized spacial score (nSPS) is 12.5. The fourth-order valence-corrected chi connectivity index (χ4v) is 4.66. The van der Waals surface area contributed by atoms with Crippen LogP contribution in [-0.4, -0.2) is 50.4 Å². The topological polar surface area (TPSA) is 88.9 Å². The number of H-pyrrole nitrogens is 1. The molecule has 2 aromatic heterocycles. The second-order valence-corrected chi connectivity index (χ2v) is 9.41. The number of aryl methyl sites for hydroxylation is 2. The van der Waals surface area contributed by atoms with E-state index in [1.165, 1.54) is 16.7 Å². The van der Waals surface area contributed by atoms with Gasteiger partial charge in [0.1, 0.15) is 0 Å². The summed E-state index contributed by atoms with van der Waals surface area (Å²) >= 11 is 0. The third-order valence-corrected chi connectivity index (χ3v) is 6.81. The van der Waals surface area contributed by atoms with E-state index >= 15 is 0 Å². The van der Waals surface area contributed by atoms with Crippen LogP contribution in [0.3, 0.4) is 0 Å². The average molecular weight is 489 g/mol. The molecule has 0 aliphatic carbocycles. The Morgan fingerprint density at radius 1 is 1.11 bits per heavy atom. The van der Waals surface area contributed by atoms with Gasteiger partial charge >= 0.3 is 0 Å². The van der Waals surface area contributed by atoms with Crippen LogP contribution in [0, 0.1) is 13.8 Å². The van der Waals surface area contributed by atoms with Gasteiger partial charge in [-0.25, -0.2) is 4.68 Å². The fourth-order valence-electron chi connectivity index (χ4n) is 4.66. The van der Waals surface area contributed by atoms with Gasteiger partial charge in [-0.1, -0.05) is 43.7 Å². The lowest BCUT2D eigenvalue weighted by molar-refractivity contribution is 0.154. The Bertz CT molecular complexity index is 1330. The smallest absolute Gasteiger partial charge is 0.252 e. The molecule has 4 aromatic rings. The number of rotatable bonds is 12. The van der Waals surface area contributed by atoms with Crippen molar-refractivity contribution in [3.05, 3.63) is 87.0 Å². The van der Waals surface area contributed by atoms with Gasteiger partial charge in [-0.3, -0.25) is 9.69 Å². The zero-order valence-corrected chi connectivity index (χ0v) is 21.7. The van der Waals surface area contributed by atoms with Crippen molar-refractivity contribution in [3.8, 4) is 0 Å². The van der Waals surface area contributed by atoms with Gasteiger partial charge in [0.2, 0.25) is 0 Å². The van der Waals surface area contributed by atoms with Crippen LogP contribution < -0.4 is 5.56 Å². The van der Waals surface area contributed by atoms with E-state index in [9.17, 15) is 4.79 Å². The summed E-state index contributed by atoms with van der Waals surface area (Å²) in [6.07, 6.45) is 2.71. The van der Waals surface area contributed by atoms with Crippen molar-refractivity contribution in [1.82, 2.24) is 30.1 Å². The van der Waals surface area contributed by atoms with Crippen LogP contribution in [0.1, 0.15) is 53.9 Å². The highest BCUT2D eigenvalue weighted by atomic mass is 16.5. The van der Waals surface area contributed by atoms with Gasteiger partial charge in [-0.05, 0) is 77.4 Å². The Kier molecular flexibility index (Phi) is 8.61. The van der Waals surface area contributed by atoms with E-state index in [0.29, 0.717) is 19.7 Å². The lowest BCUT2D eigenvalue weighted by Gasteiger charge is -2.31. The Hall–Kier alpha value is -3.36. The first-order valence-corrected chi connectivity index (χ1v) is 12.7. The quantitative estimate of drug-likeness (QED) is 0.319. The Balaban J connectivity index is 1.70. The van der Waals surface area contributed by atoms with Gasteiger partial charge in [0.15, 0.2) is 5.82 Å². The molecule has 0 saturated heterocycles. The standard InChI is InChI=1S/C28H36N6O2/c1-5-9-26(27-30-31-32-34(27)14-15-36-4)33(13-12-22-10-7-6-8-11-22)19-24-18-23-16-20(2)21(3)17-25(23)29-28(24)35/h6-8,10-11,16-18,26H,5,9,12-15,19H2,1-4H3,(H,29,35)/t26-/m0/s1. The molecule has 0 unspecified atom stereocenters. The number of ether oxygens (including phenoxy) is 1. The number of aromatic nitrogens is 5. The SMILES string of the molecule is CCC[C@@H](c1nnnn1CCOC)N(CCc1ccccc1)Cc1cc2cc(C)c(C)cc2[nH]c1=O. The molecule has 0 amide bonds. The van der Waals surface area contributed by atoms with E-state index in [2.05, 4.69) is 76.5 Å². The van der Waals surface area contributed by atoms with E-state index in [0.717, 1.165) is 48.1 Å². The van der Waals surface area contributed by atoms with Crippen LogP contribution in [0.4, 0.5) is 0 Å². The summed E-state index contributed by atoms with van der Waals surface area (Å²) in [6.45, 7) is 8.73. The van der Waals surface area contributed by atoms with Crippen molar-refractivity contribution in [2.75, 3.05) is 20.3 Å². The van der Waals surface area contributed by atoms with E-state index in [1.807, 2.05) is 22.9 Å². The van der Waals surface area contributed by atoms with Crippen molar-refractivity contribution in [2.24, 2.45) is 0 Å². The van der Waals surface area contributed by atoms with Gasteiger partial charge in [0.05, 0.1) is 19.2 Å². The van der Waals surface area contributed by atoms with Crippen molar-refractivity contribution in [2.45, 2.75) is 59.2 Å². The maximum Gasteiger partial charge on any atom is 0.252 e. The van der Waals surface area contributed by atoms with Gasteiger partial charge in [-0.2, -0.15) is 0 Å². The first kappa shape index (κ1) is 25.7. The maximum atomic E-state index is 13.2. The zero-order chi connectivity index (χ0) is 25.5. The Labute approximate surface area is 212 Å². The van der Waals surface area contributed by atoms with E-state index in [1.54, 1.807) is 7.11 Å². The number of hydrogen-bond acceptors (Lipinski definition) is 6. The van der Waals surface area contributed by atoms with Crippen LogP contribution in [-0.2, 0) is 24.2 Å². The summed E-state index contributed by atoms with van der Waals surface area (Å²) in [7, 11) is 1.68. The predicted molar refractivity (Wildman–Crippen MR) is 142 cm³/mol. The zero-order valence-electron chi connectivity index (χ0n) is 21.7. The maximum absolute atomic E-state index is 13.2.